The van der Waals surface area contributed by atoms with Gasteiger partial charge < -0.3 is 0 Å². The van der Waals surface area contributed by atoms with E-state index in [1.165, 1.54) is 18.2 Å². The molecule has 0 heterocycles. The van der Waals surface area contributed by atoms with Crippen molar-refractivity contribution in [2.75, 3.05) is 0 Å². The normalized spacial score (nSPS) is 10.6. The lowest BCUT2D eigenvalue weighted by atomic mass is 10.0. The standard InChI is InChI=1S/C17H16F2O/c1-12-4-2-5-13(10-12)8-9-14(20)11-15-16(18)6-3-7-17(15)19/h2-7,10H,8-9,11H2,1H3. The second kappa shape index (κ2) is 6.42. The van der Waals surface area contributed by atoms with Crippen molar-refractivity contribution in [2.45, 2.75) is 26.2 Å². The predicted molar refractivity (Wildman–Crippen MR) is 74.6 cm³/mol. The summed E-state index contributed by atoms with van der Waals surface area (Å²) in [6, 6.07) is 11.5. The van der Waals surface area contributed by atoms with Crippen molar-refractivity contribution in [1.82, 2.24) is 0 Å². The van der Waals surface area contributed by atoms with Gasteiger partial charge in [-0.15, -0.1) is 0 Å². The number of rotatable bonds is 5. The minimum Gasteiger partial charge on any atom is -0.299 e. The average molecular weight is 274 g/mol. The number of carbonyl (C=O) groups excluding carboxylic acids is 1. The molecular weight excluding hydrogens is 258 g/mol. The number of ketones is 1. The lowest BCUT2D eigenvalue weighted by Gasteiger charge is -2.05. The summed E-state index contributed by atoms with van der Waals surface area (Å²) in [6.07, 6.45) is 0.693. The first-order valence-corrected chi connectivity index (χ1v) is 6.56. The van der Waals surface area contributed by atoms with E-state index < -0.39 is 11.6 Å². The first kappa shape index (κ1) is 14.4. The summed E-state index contributed by atoms with van der Waals surface area (Å²) in [5.41, 5.74) is 2.06. The average Bonchev–Trinajstić information content (AvgIpc) is 2.41. The molecule has 0 spiro atoms. The Morgan fingerprint density at radius 2 is 1.70 bits per heavy atom. The molecule has 1 nitrogen and oxygen atoms in total. The fraction of sp³-hybridized carbons (Fsp3) is 0.235. The Hall–Kier alpha value is -2.03. The van der Waals surface area contributed by atoms with Crippen molar-refractivity contribution in [1.29, 1.82) is 0 Å². The van der Waals surface area contributed by atoms with Crippen LogP contribution in [0.3, 0.4) is 0 Å². The lowest BCUT2D eigenvalue weighted by molar-refractivity contribution is -0.118. The molecule has 2 aromatic carbocycles. The lowest BCUT2D eigenvalue weighted by Crippen LogP contribution is -2.08. The number of aryl methyl sites for hydroxylation is 2. The van der Waals surface area contributed by atoms with Crippen LogP contribution >= 0.6 is 0 Å². The molecule has 0 amide bonds. The Kier molecular flexibility index (Phi) is 4.61. The quantitative estimate of drug-likeness (QED) is 0.805. The highest BCUT2D eigenvalue weighted by Gasteiger charge is 2.12. The molecule has 0 fully saturated rings. The van der Waals surface area contributed by atoms with Crippen molar-refractivity contribution in [3.05, 3.63) is 70.8 Å². The van der Waals surface area contributed by atoms with Gasteiger partial charge in [-0.3, -0.25) is 4.79 Å². The number of carbonyl (C=O) groups is 1. The van der Waals surface area contributed by atoms with Gasteiger partial charge in [0.2, 0.25) is 0 Å². The molecule has 2 rings (SSSR count). The Balaban J connectivity index is 1.96. The minimum atomic E-state index is -0.658. The summed E-state index contributed by atoms with van der Waals surface area (Å²) in [4.78, 5) is 11.8. The van der Waals surface area contributed by atoms with Gasteiger partial charge in [0.25, 0.3) is 0 Å². The third kappa shape index (κ3) is 3.73. The molecule has 2 aromatic rings. The maximum atomic E-state index is 13.4. The smallest absolute Gasteiger partial charge is 0.137 e. The molecule has 0 saturated heterocycles. The molecule has 0 bridgehead atoms. The van der Waals surface area contributed by atoms with E-state index in [1.54, 1.807) is 0 Å². The van der Waals surface area contributed by atoms with Gasteiger partial charge in [-0.05, 0) is 31.0 Å². The summed E-state index contributed by atoms with van der Waals surface area (Å²) in [6.45, 7) is 1.99. The molecule has 3 heteroatoms. The van der Waals surface area contributed by atoms with Crippen LogP contribution in [-0.4, -0.2) is 5.78 Å². The van der Waals surface area contributed by atoms with Crippen LogP contribution in [0.15, 0.2) is 42.5 Å². The topological polar surface area (TPSA) is 17.1 Å². The second-order valence-electron chi connectivity index (χ2n) is 4.90. The molecule has 104 valence electrons. The van der Waals surface area contributed by atoms with Crippen LogP contribution in [-0.2, 0) is 17.6 Å². The van der Waals surface area contributed by atoms with Gasteiger partial charge in [0, 0.05) is 18.4 Å². The van der Waals surface area contributed by atoms with E-state index in [0.29, 0.717) is 6.42 Å². The van der Waals surface area contributed by atoms with Crippen LogP contribution in [0.1, 0.15) is 23.1 Å². The van der Waals surface area contributed by atoms with Crippen LogP contribution in [0.4, 0.5) is 8.78 Å². The number of Topliss-reactive ketones (excluding diaryl/α,β-unsaturated/α-hetero) is 1. The molecule has 0 N–H and O–H groups in total. The van der Waals surface area contributed by atoms with Crippen molar-refractivity contribution in [2.24, 2.45) is 0 Å². The Morgan fingerprint density at radius 1 is 1.05 bits per heavy atom. The van der Waals surface area contributed by atoms with Crippen molar-refractivity contribution in [3.63, 3.8) is 0 Å². The van der Waals surface area contributed by atoms with Gasteiger partial charge in [-0.1, -0.05) is 35.9 Å². The fourth-order valence-electron chi connectivity index (χ4n) is 2.14. The van der Waals surface area contributed by atoms with Gasteiger partial charge >= 0.3 is 0 Å². The summed E-state index contributed by atoms with van der Waals surface area (Å²) in [5.74, 6) is -1.47. The molecule has 0 atom stereocenters. The molecule has 0 aliphatic rings. The monoisotopic (exact) mass is 274 g/mol. The molecule has 0 aliphatic heterocycles. The van der Waals surface area contributed by atoms with E-state index in [2.05, 4.69) is 0 Å². The van der Waals surface area contributed by atoms with E-state index in [4.69, 9.17) is 0 Å². The van der Waals surface area contributed by atoms with E-state index in [9.17, 15) is 13.6 Å². The highest BCUT2D eigenvalue weighted by atomic mass is 19.1. The number of hydrogen-bond donors (Lipinski definition) is 0. The molecule has 0 aliphatic carbocycles. The van der Waals surface area contributed by atoms with Gasteiger partial charge in [-0.2, -0.15) is 0 Å². The van der Waals surface area contributed by atoms with Crippen molar-refractivity contribution >= 4 is 5.78 Å². The summed E-state index contributed by atoms with van der Waals surface area (Å²) in [5, 5.41) is 0. The molecule has 20 heavy (non-hydrogen) atoms. The third-order valence-corrected chi connectivity index (χ3v) is 3.21. The fourth-order valence-corrected chi connectivity index (χ4v) is 2.14. The number of hydrogen-bond acceptors (Lipinski definition) is 1. The van der Waals surface area contributed by atoms with Crippen LogP contribution in [0, 0.1) is 18.6 Å². The minimum absolute atomic E-state index is 0.137. The van der Waals surface area contributed by atoms with Gasteiger partial charge in [0.15, 0.2) is 0 Å². The number of benzene rings is 2. The van der Waals surface area contributed by atoms with Gasteiger partial charge in [-0.25, -0.2) is 8.78 Å². The highest BCUT2D eigenvalue weighted by Crippen LogP contribution is 2.14. The molecule has 0 saturated carbocycles. The summed E-state index contributed by atoms with van der Waals surface area (Å²) < 4.78 is 26.9. The van der Waals surface area contributed by atoms with Gasteiger partial charge in [0.1, 0.15) is 17.4 Å². The Bertz CT molecular complexity index is 600. The summed E-state index contributed by atoms with van der Waals surface area (Å²) in [7, 11) is 0. The predicted octanol–water partition coefficient (Wildman–Crippen LogP) is 4.02. The SMILES string of the molecule is Cc1cccc(CCC(=O)Cc2c(F)cccc2F)c1. The zero-order chi connectivity index (χ0) is 14.5. The molecule has 0 unspecified atom stereocenters. The first-order chi connectivity index (χ1) is 9.56. The summed E-state index contributed by atoms with van der Waals surface area (Å²) >= 11 is 0. The maximum absolute atomic E-state index is 13.4. The second-order valence-corrected chi connectivity index (χ2v) is 4.90. The zero-order valence-corrected chi connectivity index (χ0v) is 11.3. The molecule has 0 aromatic heterocycles. The number of halogens is 2. The third-order valence-electron chi connectivity index (χ3n) is 3.21. The molecule has 0 radical (unpaired) electrons. The van der Waals surface area contributed by atoms with Crippen LogP contribution in [0.25, 0.3) is 0 Å². The van der Waals surface area contributed by atoms with E-state index in [1.807, 2.05) is 31.2 Å². The van der Waals surface area contributed by atoms with Crippen LogP contribution in [0.2, 0.25) is 0 Å². The molecular formula is C17H16F2O. The van der Waals surface area contributed by atoms with Gasteiger partial charge in [0.05, 0.1) is 0 Å². The maximum Gasteiger partial charge on any atom is 0.137 e. The van der Waals surface area contributed by atoms with Crippen molar-refractivity contribution in [3.8, 4) is 0 Å². The van der Waals surface area contributed by atoms with E-state index in [-0.39, 0.29) is 24.2 Å². The first-order valence-electron chi connectivity index (χ1n) is 6.56. The van der Waals surface area contributed by atoms with E-state index in [0.717, 1.165) is 11.1 Å². The van der Waals surface area contributed by atoms with Crippen LogP contribution in [0.5, 0.6) is 0 Å². The largest absolute Gasteiger partial charge is 0.299 e. The Labute approximate surface area is 117 Å². The zero-order valence-electron chi connectivity index (χ0n) is 11.3. The van der Waals surface area contributed by atoms with Crippen molar-refractivity contribution < 1.29 is 13.6 Å². The van der Waals surface area contributed by atoms with Crippen LogP contribution < -0.4 is 0 Å². The highest BCUT2D eigenvalue weighted by molar-refractivity contribution is 5.81. The van der Waals surface area contributed by atoms with E-state index >= 15 is 0 Å². The Morgan fingerprint density at radius 3 is 2.35 bits per heavy atom.